The van der Waals surface area contributed by atoms with Gasteiger partial charge in [-0.15, -0.1) is 0 Å². The van der Waals surface area contributed by atoms with Gasteiger partial charge in [0.1, 0.15) is 6.04 Å². The second-order valence-corrected chi connectivity index (χ2v) is 6.70. The zero-order valence-corrected chi connectivity index (χ0v) is 15.1. The minimum atomic E-state index is -0.314. The average Bonchev–Trinajstić information content (AvgIpc) is 3.20. The number of hydrazine groups is 1. The van der Waals surface area contributed by atoms with E-state index in [1.165, 1.54) is 0 Å². The van der Waals surface area contributed by atoms with Crippen LogP contribution in [0.3, 0.4) is 0 Å². The first-order chi connectivity index (χ1) is 12.5. The molecule has 0 saturated carbocycles. The molecule has 2 atom stereocenters. The van der Waals surface area contributed by atoms with E-state index in [-0.39, 0.29) is 18.0 Å². The van der Waals surface area contributed by atoms with Crippen LogP contribution in [0.5, 0.6) is 0 Å². The predicted molar refractivity (Wildman–Crippen MR) is 100 cm³/mol. The van der Waals surface area contributed by atoms with Gasteiger partial charge < -0.3 is 5.32 Å². The minimum Gasteiger partial charge on any atom is -0.324 e. The summed E-state index contributed by atoms with van der Waals surface area (Å²) in [6.07, 6.45) is 2.42. The number of hydrogen-bond donors (Lipinski definition) is 3. The fraction of sp³-hybridized carbons (Fsp3) is 0.316. The third-order valence-electron chi connectivity index (χ3n) is 5.04. The molecule has 1 amide bonds. The van der Waals surface area contributed by atoms with Gasteiger partial charge in [-0.25, -0.2) is 10.9 Å². The number of anilines is 1. The Kier molecular flexibility index (Phi) is 4.18. The Morgan fingerprint density at radius 2 is 2.08 bits per heavy atom. The highest BCUT2D eigenvalue weighted by molar-refractivity contribution is 6.02. The zero-order valence-electron chi connectivity index (χ0n) is 15.1. The first-order valence-corrected chi connectivity index (χ1v) is 8.70. The van der Waals surface area contributed by atoms with Gasteiger partial charge in [0.15, 0.2) is 0 Å². The Bertz CT molecular complexity index is 974. The number of pyridine rings is 1. The van der Waals surface area contributed by atoms with E-state index in [2.05, 4.69) is 26.3 Å². The maximum Gasteiger partial charge on any atom is 0.242 e. The number of fused-ring (bicyclic) bond motifs is 1. The van der Waals surface area contributed by atoms with Gasteiger partial charge in [-0.05, 0) is 44.5 Å². The van der Waals surface area contributed by atoms with Crippen LogP contribution in [0, 0.1) is 13.8 Å². The number of rotatable bonds is 3. The van der Waals surface area contributed by atoms with Crippen LogP contribution in [-0.2, 0) is 11.8 Å². The van der Waals surface area contributed by atoms with E-state index in [0.29, 0.717) is 6.42 Å². The molecule has 0 spiro atoms. The van der Waals surface area contributed by atoms with Gasteiger partial charge in [-0.2, -0.15) is 5.10 Å². The third-order valence-corrected chi connectivity index (χ3v) is 5.04. The fourth-order valence-corrected chi connectivity index (χ4v) is 3.64. The van der Waals surface area contributed by atoms with Crippen molar-refractivity contribution in [2.45, 2.75) is 32.4 Å². The van der Waals surface area contributed by atoms with Gasteiger partial charge >= 0.3 is 0 Å². The van der Waals surface area contributed by atoms with Crippen molar-refractivity contribution in [2.24, 2.45) is 7.05 Å². The van der Waals surface area contributed by atoms with Crippen LogP contribution in [0.25, 0.3) is 10.9 Å². The van der Waals surface area contributed by atoms with Crippen molar-refractivity contribution < 1.29 is 4.79 Å². The van der Waals surface area contributed by atoms with E-state index in [1.807, 2.05) is 55.9 Å². The molecule has 3 heterocycles. The molecule has 1 aliphatic heterocycles. The highest BCUT2D eigenvalue weighted by Gasteiger charge is 2.33. The second-order valence-electron chi connectivity index (χ2n) is 6.70. The Morgan fingerprint density at radius 1 is 1.23 bits per heavy atom. The molecule has 7 heteroatoms. The Balaban J connectivity index is 1.51. The topological polar surface area (TPSA) is 83.9 Å². The summed E-state index contributed by atoms with van der Waals surface area (Å²) in [7, 11) is 1.94. The van der Waals surface area contributed by atoms with Crippen molar-refractivity contribution >= 4 is 22.5 Å². The van der Waals surface area contributed by atoms with Gasteiger partial charge in [0, 0.05) is 29.9 Å². The van der Waals surface area contributed by atoms with Crippen molar-refractivity contribution in [1.82, 2.24) is 25.6 Å². The highest BCUT2D eigenvalue weighted by atomic mass is 16.2. The Labute approximate surface area is 151 Å². The molecule has 4 rings (SSSR count). The van der Waals surface area contributed by atoms with Crippen LogP contribution in [0.15, 0.2) is 36.5 Å². The molecule has 26 heavy (non-hydrogen) atoms. The largest absolute Gasteiger partial charge is 0.324 e. The fourth-order valence-electron chi connectivity index (χ4n) is 3.64. The summed E-state index contributed by atoms with van der Waals surface area (Å²) in [6.45, 7) is 4.05. The normalized spacial score (nSPS) is 19.8. The third kappa shape index (κ3) is 2.85. The summed E-state index contributed by atoms with van der Waals surface area (Å²) < 4.78 is 1.88. The van der Waals surface area contributed by atoms with Gasteiger partial charge in [0.05, 0.1) is 22.9 Å². The number of amides is 1. The smallest absolute Gasteiger partial charge is 0.242 e. The predicted octanol–water partition coefficient (Wildman–Crippen LogP) is 2.13. The van der Waals surface area contributed by atoms with Gasteiger partial charge in [-0.1, -0.05) is 6.07 Å². The molecule has 3 N–H and O–H groups in total. The molecule has 1 aromatic carbocycles. The lowest BCUT2D eigenvalue weighted by atomic mass is 10.00. The van der Waals surface area contributed by atoms with Gasteiger partial charge in [0.2, 0.25) is 5.91 Å². The molecule has 1 fully saturated rings. The van der Waals surface area contributed by atoms with Crippen molar-refractivity contribution in [3.8, 4) is 0 Å². The van der Waals surface area contributed by atoms with Crippen LogP contribution in [-0.4, -0.2) is 26.7 Å². The number of nitrogens with one attached hydrogen (secondary N) is 3. The van der Waals surface area contributed by atoms with Crippen LogP contribution >= 0.6 is 0 Å². The zero-order chi connectivity index (χ0) is 18.3. The minimum absolute atomic E-state index is 0.0597. The number of hydrogen-bond acceptors (Lipinski definition) is 5. The van der Waals surface area contributed by atoms with Crippen LogP contribution < -0.4 is 16.2 Å². The molecule has 1 aliphatic rings. The van der Waals surface area contributed by atoms with Crippen molar-refractivity contribution in [3.63, 3.8) is 0 Å². The monoisotopic (exact) mass is 350 g/mol. The van der Waals surface area contributed by atoms with E-state index in [4.69, 9.17) is 0 Å². The summed E-state index contributed by atoms with van der Waals surface area (Å²) >= 11 is 0. The summed E-state index contributed by atoms with van der Waals surface area (Å²) in [4.78, 5) is 17.1. The lowest BCUT2D eigenvalue weighted by molar-refractivity contribution is -0.117. The molecule has 2 aromatic heterocycles. The van der Waals surface area contributed by atoms with Crippen LogP contribution in [0.2, 0.25) is 0 Å². The summed E-state index contributed by atoms with van der Waals surface area (Å²) in [5, 5.41) is 8.43. The quantitative estimate of drug-likeness (QED) is 0.674. The van der Waals surface area contributed by atoms with E-state index in [0.717, 1.165) is 33.5 Å². The SMILES string of the molecule is Cc1nn(C)c(C)c1C1CC(C(=O)Nc2cccc3ncccc23)NN1. The number of nitrogens with zero attached hydrogens (tertiary/aromatic N) is 3. The average molecular weight is 350 g/mol. The second kappa shape index (κ2) is 6.51. The first kappa shape index (κ1) is 16.7. The van der Waals surface area contributed by atoms with E-state index < -0.39 is 0 Å². The Hall–Kier alpha value is -2.77. The van der Waals surface area contributed by atoms with Gasteiger partial charge in [-0.3, -0.25) is 14.5 Å². The molecule has 2 unspecified atom stereocenters. The van der Waals surface area contributed by atoms with Crippen molar-refractivity contribution in [1.29, 1.82) is 0 Å². The summed E-state index contributed by atoms with van der Waals surface area (Å²) in [6, 6.07) is 9.32. The number of carbonyl (C=O) groups is 1. The summed E-state index contributed by atoms with van der Waals surface area (Å²) in [5.74, 6) is -0.0597. The van der Waals surface area contributed by atoms with Gasteiger partial charge in [0.25, 0.3) is 0 Å². The molecule has 0 aliphatic carbocycles. The molecule has 134 valence electrons. The molecular formula is C19H22N6O. The number of benzene rings is 1. The first-order valence-electron chi connectivity index (χ1n) is 8.70. The maximum atomic E-state index is 12.8. The summed E-state index contributed by atoms with van der Waals surface area (Å²) in [5.41, 5.74) is 11.3. The molecule has 7 nitrogen and oxygen atoms in total. The molecule has 1 saturated heterocycles. The molecule has 0 radical (unpaired) electrons. The van der Waals surface area contributed by atoms with Crippen molar-refractivity contribution in [3.05, 3.63) is 53.5 Å². The maximum absolute atomic E-state index is 12.8. The van der Waals surface area contributed by atoms with Crippen molar-refractivity contribution in [2.75, 3.05) is 5.32 Å². The van der Waals surface area contributed by atoms with E-state index in [9.17, 15) is 4.79 Å². The van der Waals surface area contributed by atoms with Crippen LogP contribution in [0.1, 0.15) is 29.4 Å². The van der Waals surface area contributed by atoms with Crippen LogP contribution in [0.4, 0.5) is 5.69 Å². The lowest BCUT2D eigenvalue weighted by Crippen LogP contribution is -2.39. The highest BCUT2D eigenvalue weighted by Crippen LogP contribution is 2.28. The number of carbonyl (C=O) groups excluding carboxylic acids is 1. The molecule has 3 aromatic rings. The number of aryl methyl sites for hydroxylation is 2. The molecular weight excluding hydrogens is 328 g/mol. The lowest BCUT2D eigenvalue weighted by Gasteiger charge is -2.12. The molecule has 0 bridgehead atoms. The Morgan fingerprint density at radius 3 is 2.85 bits per heavy atom. The standard InChI is InChI=1S/C19H22N6O/c1-11-18(12(2)25(3)24-11)16-10-17(23-22-16)19(26)21-15-8-4-7-14-13(15)6-5-9-20-14/h4-9,16-17,22-23H,10H2,1-3H3,(H,21,26). The van der Waals surface area contributed by atoms with E-state index in [1.54, 1.807) is 6.20 Å². The van der Waals surface area contributed by atoms with E-state index >= 15 is 0 Å². The number of aromatic nitrogens is 3.